The summed E-state index contributed by atoms with van der Waals surface area (Å²) in [5.74, 6) is -3.22. The summed E-state index contributed by atoms with van der Waals surface area (Å²) in [6.45, 7) is 0.545. The molecule has 1 atom stereocenters. The molecule has 2 aliphatic rings. The quantitative estimate of drug-likeness (QED) is 0.881. The van der Waals surface area contributed by atoms with Gasteiger partial charge in [0.2, 0.25) is 5.91 Å². The molecule has 7 heteroatoms. The van der Waals surface area contributed by atoms with Crippen LogP contribution < -0.4 is 10.1 Å². The molecule has 1 spiro atoms. The molecule has 0 saturated carbocycles. The van der Waals surface area contributed by atoms with E-state index in [0.29, 0.717) is 19.4 Å². The van der Waals surface area contributed by atoms with Gasteiger partial charge in [-0.05, 0) is 36.6 Å². The highest BCUT2D eigenvalue weighted by atomic mass is 19.1. The molecule has 2 aromatic rings. The fraction of sp³-hybridized carbons (Fsp3) is 0.300. The molecule has 1 saturated heterocycles. The van der Waals surface area contributed by atoms with E-state index in [1.54, 1.807) is 0 Å². The first kappa shape index (κ1) is 17.5. The van der Waals surface area contributed by atoms with Crippen LogP contribution in [-0.4, -0.2) is 36.9 Å². The van der Waals surface area contributed by atoms with Crippen molar-refractivity contribution in [2.45, 2.75) is 18.3 Å². The van der Waals surface area contributed by atoms with Crippen molar-refractivity contribution < 1.29 is 23.1 Å². The predicted octanol–water partition coefficient (Wildman–Crippen LogP) is 3.10. The molecule has 0 aromatic heterocycles. The second-order valence-corrected chi connectivity index (χ2v) is 6.85. The molecule has 27 heavy (non-hydrogen) atoms. The lowest BCUT2D eigenvalue weighted by atomic mass is 9.75. The number of halogens is 2. The fourth-order valence-electron chi connectivity index (χ4n) is 4.06. The molecule has 4 rings (SSSR count). The second kappa shape index (κ2) is 6.33. The van der Waals surface area contributed by atoms with Gasteiger partial charge < -0.3 is 15.0 Å². The third-order valence-corrected chi connectivity index (χ3v) is 5.39. The molecule has 2 aromatic carbocycles. The summed E-state index contributed by atoms with van der Waals surface area (Å²) in [6, 6.07) is 9.51. The van der Waals surface area contributed by atoms with Gasteiger partial charge in [-0.3, -0.25) is 9.59 Å². The number of ether oxygens (including phenoxy) is 1. The van der Waals surface area contributed by atoms with Gasteiger partial charge in [0.1, 0.15) is 0 Å². The van der Waals surface area contributed by atoms with Gasteiger partial charge in [-0.15, -0.1) is 0 Å². The van der Waals surface area contributed by atoms with Crippen molar-refractivity contribution in [1.82, 2.24) is 4.90 Å². The molecule has 2 heterocycles. The Kier molecular flexibility index (Phi) is 4.09. The van der Waals surface area contributed by atoms with Gasteiger partial charge in [0.05, 0.1) is 18.1 Å². The summed E-state index contributed by atoms with van der Waals surface area (Å²) in [6.07, 6.45) is 1.21. The number of carbonyl (C=O) groups excluding carboxylic acids is 2. The van der Waals surface area contributed by atoms with Crippen molar-refractivity contribution >= 4 is 17.5 Å². The lowest BCUT2D eigenvalue weighted by Gasteiger charge is -2.39. The number of carbonyl (C=O) groups is 2. The van der Waals surface area contributed by atoms with E-state index >= 15 is 0 Å². The van der Waals surface area contributed by atoms with Crippen molar-refractivity contribution in [1.29, 1.82) is 0 Å². The van der Waals surface area contributed by atoms with Crippen LogP contribution in [0.15, 0.2) is 36.4 Å². The summed E-state index contributed by atoms with van der Waals surface area (Å²) in [5, 5.41) is 2.87. The van der Waals surface area contributed by atoms with Crippen molar-refractivity contribution in [2.75, 3.05) is 25.5 Å². The normalized spacial score (nSPS) is 21.1. The number of benzene rings is 2. The van der Waals surface area contributed by atoms with E-state index in [1.807, 2.05) is 24.3 Å². The number of hydrogen-bond donors (Lipinski definition) is 1. The van der Waals surface area contributed by atoms with E-state index < -0.39 is 28.7 Å². The van der Waals surface area contributed by atoms with Crippen LogP contribution in [0, 0.1) is 11.6 Å². The summed E-state index contributed by atoms with van der Waals surface area (Å²) in [5.41, 5.74) is 0.485. The molecular weight excluding hydrogens is 354 g/mol. The maximum atomic E-state index is 14.5. The Morgan fingerprint density at radius 2 is 2.00 bits per heavy atom. The fourth-order valence-corrected chi connectivity index (χ4v) is 4.06. The van der Waals surface area contributed by atoms with Crippen molar-refractivity contribution in [3.63, 3.8) is 0 Å². The second-order valence-electron chi connectivity index (χ2n) is 6.85. The Bertz CT molecular complexity index is 947. The van der Waals surface area contributed by atoms with Crippen LogP contribution in [0.1, 0.15) is 28.8 Å². The zero-order valence-corrected chi connectivity index (χ0v) is 14.7. The number of para-hydroxylation sites is 1. The third kappa shape index (κ3) is 2.57. The highest BCUT2D eigenvalue weighted by Gasteiger charge is 2.50. The van der Waals surface area contributed by atoms with E-state index in [0.717, 1.165) is 30.5 Å². The topological polar surface area (TPSA) is 58.6 Å². The molecule has 0 radical (unpaired) electrons. The van der Waals surface area contributed by atoms with Gasteiger partial charge in [0.25, 0.3) is 5.91 Å². The number of rotatable bonds is 2. The zero-order chi connectivity index (χ0) is 19.2. The van der Waals surface area contributed by atoms with Gasteiger partial charge in [-0.25, -0.2) is 8.78 Å². The first-order chi connectivity index (χ1) is 13.0. The maximum Gasteiger partial charge on any atom is 0.257 e. The Balaban J connectivity index is 1.69. The van der Waals surface area contributed by atoms with Gasteiger partial charge in [-0.2, -0.15) is 0 Å². The largest absolute Gasteiger partial charge is 0.491 e. The van der Waals surface area contributed by atoms with Gasteiger partial charge in [-0.1, -0.05) is 18.2 Å². The highest BCUT2D eigenvalue weighted by molar-refractivity contribution is 6.07. The van der Waals surface area contributed by atoms with Gasteiger partial charge in [0.15, 0.2) is 17.4 Å². The number of anilines is 1. The number of nitrogens with zero attached hydrogens (tertiary/aromatic N) is 1. The van der Waals surface area contributed by atoms with Crippen LogP contribution in [0.25, 0.3) is 0 Å². The van der Waals surface area contributed by atoms with Crippen LogP contribution in [0.2, 0.25) is 0 Å². The van der Waals surface area contributed by atoms with E-state index in [1.165, 1.54) is 4.90 Å². The van der Waals surface area contributed by atoms with Crippen molar-refractivity contribution in [3.8, 4) is 5.75 Å². The monoisotopic (exact) mass is 372 g/mol. The van der Waals surface area contributed by atoms with Crippen LogP contribution in [0.3, 0.4) is 0 Å². The Morgan fingerprint density at radius 1 is 1.22 bits per heavy atom. The average molecular weight is 372 g/mol. The number of hydrogen-bond acceptors (Lipinski definition) is 3. The molecule has 2 aliphatic heterocycles. The molecule has 140 valence electrons. The summed E-state index contributed by atoms with van der Waals surface area (Å²) < 4.78 is 32.9. The van der Waals surface area contributed by atoms with Gasteiger partial charge in [0, 0.05) is 18.8 Å². The smallest absolute Gasteiger partial charge is 0.257 e. The molecule has 2 amide bonds. The highest BCUT2D eigenvalue weighted by Crippen LogP contribution is 2.44. The summed E-state index contributed by atoms with van der Waals surface area (Å²) in [4.78, 5) is 27.1. The van der Waals surface area contributed by atoms with Gasteiger partial charge >= 0.3 is 0 Å². The minimum Gasteiger partial charge on any atom is -0.491 e. The number of nitrogens with one attached hydrogen (secondary N) is 1. The van der Waals surface area contributed by atoms with E-state index in [4.69, 9.17) is 4.74 Å². The van der Waals surface area contributed by atoms with E-state index in [-0.39, 0.29) is 18.0 Å². The molecule has 1 N–H and O–H groups in total. The van der Waals surface area contributed by atoms with Crippen LogP contribution in [0.5, 0.6) is 5.75 Å². The Morgan fingerprint density at radius 3 is 2.78 bits per heavy atom. The average Bonchev–Trinajstić information content (AvgIpc) is 2.93. The number of methoxy groups -OCH3 is 1. The lowest BCUT2D eigenvalue weighted by Crippen LogP contribution is -2.52. The molecule has 0 unspecified atom stereocenters. The van der Waals surface area contributed by atoms with E-state index in [2.05, 4.69) is 5.32 Å². The summed E-state index contributed by atoms with van der Waals surface area (Å²) >= 11 is 0. The molecule has 5 nitrogen and oxygen atoms in total. The minimum absolute atomic E-state index is 0.147. The third-order valence-electron chi connectivity index (χ3n) is 5.39. The standard InChI is InChI=1S/C20H18F2N2O3/c1-27-17-14(21)8-7-12(16(17)22)18(25)24-10-4-9-20(11-24)13-5-2-3-6-15(13)23-19(20)26/h2-3,5-8H,4,9-11H2,1H3,(H,23,26)/t20-/m1/s1. The first-order valence-corrected chi connectivity index (χ1v) is 8.70. The van der Waals surface area contributed by atoms with Crippen molar-refractivity contribution in [2.24, 2.45) is 0 Å². The zero-order valence-electron chi connectivity index (χ0n) is 14.7. The lowest BCUT2D eigenvalue weighted by molar-refractivity contribution is -0.122. The molecule has 0 bridgehead atoms. The first-order valence-electron chi connectivity index (χ1n) is 8.70. The summed E-state index contributed by atoms with van der Waals surface area (Å²) in [7, 11) is 1.14. The minimum atomic E-state index is -1.03. The number of fused-ring (bicyclic) bond motifs is 2. The predicted molar refractivity (Wildman–Crippen MR) is 94.8 cm³/mol. The van der Waals surface area contributed by atoms with Crippen LogP contribution >= 0.6 is 0 Å². The van der Waals surface area contributed by atoms with Crippen LogP contribution in [0.4, 0.5) is 14.5 Å². The Hall–Kier alpha value is -2.96. The number of likely N-dealkylation sites (tertiary alicyclic amines) is 1. The Labute approximate surface area is 154 Å². The SMILES string of the molecule is COc1c(F)ccc(C(=O)N2CCC[C@]3(C2)C(=O)Nc2ccccc23)c1F. The number of piperidine rings is 1. The van der Waals surface area contributed by atoms with Crippen LogP contribution in [-0.2, 0) is 10.2 Å². The number of amides is 2. The molecule has 1 fully saturated rings. The molecule has 0 aliphatic carbocycles. The molecular formula is C20H18F2N2O3. The van der Waals surface area contributed by atoms with Crippen molar-refractivity contribution in [3.05, 3.63) is 59.2 Å². The van der Waals surface area contributed by atoms with E-state index in [9.17, 15) is 18.4 Å². The maximum absolute atomic E-state index is 14.5.